The molecule has 2 aliphatic rings. The summed E-state index contributed by atoms with van der Waals surface area (Å²) in [6, 6.07) is 1.17. The zero-order valence-corrected chi connectivity index (χ0v) is 15.7. The maximum absolute atomic E-state index is 14.1. The van der Waals surface area contributed by atoms with Crippen molar-refractivity contribution in [1.29, 1.82) is 0 Å². The zero-order chi connectivity index (χ0) is 19.5. The van der Waals surface area contributed by atoms with Gasteiger partial charge in [0.2, 0.25) is 5.91 Å². The van der Waals surface area contributed by atoms with Gasteiger partial charge in [-0.1, -0.05) is 0 Å². The first-order valence-electron chi connectivity index (χ1n) is 9.38. The van der Waals surface area contributed by atoms with E-state index in [2.05, 4.69) is 25.2 Å². The molecule has 0 aromatic carbocycles. The molecule has 0 bridgehead atoms. The SMILES string of the molecule is CN1C(=O)CC(c2ccncc2F)NC1OC1CCN(c2cncnc2)CC1. The maximum Gasteiger partial charge on any atom is 0.227 e. The lowest BCUT2D eigenvalue weighted by Gasteiger charge is -2.41. The van der Waals surface area contributed by atoms with Crippen LogP contribution in [0.2, 0.25) is 0 Å². The van der Waals surface area contributed by atoms with Crippen molar-refractivity contribution in [2.75, 3.05) is 25.0 Å². The van der Waals surface area contributed by atoms with Crippen LogP contribution in [0.5, 0.6) is 0 Å². The van der Waals surface area contributed by atoms with Crippen LogP contribution in [0.1, 0.15) is 30.9 Å². The third-order valence-electron chi connectivity index (χ3n) is 5.32. The highest BCUT2D eigenvalue weighted by Gasteiger charge is 2.35. The van der Waals surface area contributed by atoms with Crippen LogP contribution in [0.25, 0.3) is 0 Å². The van der Waals surface area contributed by atoms with Crippen LogP contribution in [-0.2, 0) is 9.53 Å². The second-order valence-electron chi connectivity index (χ2n) is 7.10. The normalized spacial score (nSPS) is 23.9. The van der Waals surface area contributed by atoms with Gasteiger partial charge in [0.15, 0.2) is 6.35 Å². The Morgan fingerprint density at radius 1 is 1.18 bits per heavy atom. The molecule has 2 aromatic rings. The van der Waals surface area contributed by atoms with Gasteiger partial charge in [-0.05, 0) is 18.9 Å². The van der Waals surface area contributed by atoms with Crippen LogP contribution in [-0.4, -0.2) is 58.4 Å². The molecule has 148 valence electrons. The molecule has 28 heavy (non-hydrogen) atoms. The Bertz CT molecular complexity index is 815. The molecular weight excluding hydrogens is 363 g/mol. The molecule has 2 atom stereocenters. The van der Waals surface area contributed by atoms with Gasteiger partial charge >= 0.3 is 0 Å². The second kappa shape index (κ2) is 8.15. The fraction of sp³-hybridized carbons (Fsp3) is 0.474. The fourth-order valence-electron chi connectivity index (χ4n) is 3.68. The predicted octanol–water partition coefficient (Wildman–Crippen LogP) is 1.47. The first kappa shape index (κ1) is 18.7. The first-order valence-corrected chi connectivity index (χ1v) is 9.38. The maximum atomic E-state index is 14.1. The third-order valence-corrected chi connectivity index (χ3v) is 5.32. The van der Waals surface area contributed by atoms with Crippen molar-refractivity contribution in [3.8, 4) is 0 Å². The van der Waals surface area contributed by atoms with Gasteiger partial charge in [-0.3, -0.25) is 15.1 Å². The van der Waals surface area contributed by atoms with Crippen LogP contribution < -0.4 is 10.2 Å². The summed E-state index contributed by atoms with van der Waals surface area (Å²) in [6.07, 6.45) is 9.07. The standard InChI is InChI=1S/C19H23FN6O2/c1-25-18(27)8-17(15-2-5-21-11-16(15)20)24-19(25)28-14-3-6-26(7-4-14)13-9-22-12-23-10-13/h2,5,9-12,14,17,19,24H,3-4,6-8H2,1H3. The summed E-state index contributed by atoms with van der Waals surface area (Å²) in [6.45, 7) is 1.65. The number of piperidine rings is 1. The highest BCUT2D eigenvalue weighted by atomic mass is 19.1. The molecular formula is C19H23FN6O2. The molecule has 2 saturated heterocycles. The average Bonchev–Trinajstić information content (AvgIpc) is 2.73. The summed E-state index contributed by atoms with van der Waals surface area (Å²) in [5, 5.41) is 3.26. The Labute approximate surface area is 162 Å². The van der Waals surface area contributed by atoms with Crippen LogP contribution in [0.15, 0.2) is 37.2 Å². The molecule has 1 N–H and O–H groups in total. The van der Waals surface area contributed by atoms with Gasteiger partial charge in [0.05, 0.1) is 30.4 Å². The number of hydrogen-bond acceptors (Lipinski definition) is 7. The Kier molecular flexibility index (Phi) is 5.45. The number of nitrogens with zero attached hydrogens (tertiary/aromatic N) is 5. The van der Waals surface area contributed by atoms with Crippen molar-refractivity contribution in [3.63, 3.8) is 0 Å². The summed E-state index contributed by atoms with van der Waals surface area (Å²) in [4.78, 5) is 28.1. The monoisotopic (exact) mass is 386 g/mol. The highest BCUT2D eigenvalue weighted by Crippen LogP contribution is 2.27. The average molecular weight is 386 g/mol. The third kappa shape index (κ3) is 3.95. The second-order valence-corrected chi connectivity index (χ2v) is 7.10. The first-order chi connectivity index (χ1) is 13.6. The summed E-state index contributed by atoms with van der Waals surface area (Å²) in [5.74, 6) is -0.502. The van der Waals surface area contributed by atoms with Crippen LogP contribution >= 0.6 is 0 Å². The number of amides is 1. The van der Waals surface area contributed by atoms with Crippen molar-refractivity contribution in [1.82, 2.24) is 25.2 Å². The van der Waals surface area contributed by atoms with Crippen molar-refractivity contribution >= 4 is 11.6 Å². The molecule has 4 rings (SSSR count). The largest absolute Gasteiger partial charge is 0.369 e. The number of ether oxygens (including phenoxy) is 1. The van der Waals surface area contributed by atoms with Crippen molar-refractivity contribution < 1.29 is 13.9 Å². The summed E-state index contributed by atoms with van der Waals surface area (Å²) in [7, 11) is 1.70. The van der Waals surface area contributed by atoms with E-state index in [0.29, 0.717) is 5.56 Å². The number of nitrogens with one attached hydrogen (secondary N) is 1. The minimum absolute atomic E-state index is 0.00895. The van der Waals surface area contributed by atoms with E-state index in [9.17, 15) is 9.18 Å². The van der Waals surface area contributed by atoms with E-state index < -0.39 is 18.2 Å². The molecule has 0 spiro atoms. The molecule has 2 aliphatic heterocycles. The number of halogens is 1. The quantitative estimate of drug-likeness (QED) is 0.852. The zero-order valence-electron chi connectivity index (χ0n) is 15.7. The smallest absolute Gasteiger partial charge is 0.227 e. The van der Waals surface area contributed by atoms with E-state index >= 15 is 0 Å². The molecule has 4 heterocycles. The Morgan fingerprint density at radius 2 is 1.93 bits per heavy atom. The molecule has 0 aliphatic carbocycles. The molecule has 0 radical (unpaired) electrons. The van der Waals surface area contributed by atoms with Crippen molar-refractivity contribution in [2.24, 2.45) is 0 Å². The van der Waals surface area contributed by atoms with Gasteiger partial charge in [-0.15, -0.1) is 0 Å². The molecule has 2 unspecified atom stereocenters. The van der Waals surface area contributed by atoms with Crippen LogP contribution in [0, 0.1) is 5.82 Å². The highest BCUT2D eigenvalue weighted by molar-refractivity contribution is 5.77. The lowest BCUT2D eigenvalue weighted by atomic mass is 10.0. The topological polar surface area (TPSA) is 83.5 Å². The number of anilines is 1. The predicted molar refractivity (Wildman–Crippen MR) is 99.6 cm³/mol. The Hall–Kier alpha value is -2.65. The van der Waals surface area contributed by atoms with E-state index in [1.165, 1.54) is 18.7 Å². The van der Waals surface area contributed by atoms with Crippen molar-refractivity contribution in [2.45, 2.75) is 37.8 Å². The van der Waals surface area contributed by atoms with Crippen molar-refractivity contribution in [3.05, 3.63) is 48.6 Å². The minimum Gasteiger partial charge on any atom is -0.369 e. The number of pyridine rings is 1. The number of carbonyl (C=O) groups excluding carboxylic acids is 1. The number of hydrogen-bond donors (Lipinski definition) is 1. The fourth-order valence-corrected chi connectivity index (χ4v) is 3.68. The van der Waals surface area contributed by atoms with Gasteiger partial charge in [-0.25, -0.2) is 14.4 Å². The minimum atomic E-state index is -0.588. The van der Waals surface area contributed by atoms with Crippen LogP contribution in [0.3, 0.4) is 0 Å². The lowest BCUT2D eigenvalue weighted by molar-refractivity contribution is -0.167. The molecule has 1 amide bonds. The summed E-state index contributed by atoms with van der Waals surface area (Å²) >= 11 is 0. The number of carbonyl (C=O) groups is 1. The molecule has 9 heteroatoms. The van der Waals surface area contributed by atoms with Gasteiger partial charge in [-0.2, -0.15) is 0 Å². The molecule has 8 nitrogen and oxygen atoms in total. The Balaban J connectivity index is 1.38. The number of rotatable bonds is 4. The Morgan fingerprint density at radius 3 is 2.64 bits per heavy atom. The molecule has 2 fully saturated rings. The number of aromatic nitrogens is 3. The van der Waals surface area contributed by atoms with Gasteiger partial charge < -0.3 is 14.5 Å². The van der Waals surface area contributed by atoms with E-state index in [0.717, 1.165) is 31.6 Å². The summed E-state index contributed by atoms with van der Waals surface area (Å²) < 4.78 is 20.3. The lowest BCUT2D eigenvalue weighted by Crippen LogP contribution is -2.56. The van der Waals surface area contributed by atoms with E-state index in [4.69, 9.17) is 4.74 Å². The summed E-state index contributed by atoms with van der Waals surface area (Å²) in [5.41, 5.74) is 1.43. The van der Waals surface area contributed by atoms with E-state index in [1.54, 1.807) is 30.4 Å². The van der Waals surface area contributed by atoms with E-state index in [-0.39, 0.29) is 18.4 Å². The molecule has 0 saturated carbocycles. The van der Waals surface area contributed by atoms with Gasteiger partial charge in [0, 0.05) is 44.4 Å². The van der Waals surface area contributed by atoms with Gasteiger partial charge in [0.1, 0.15) is 12.1 Å². The van der Waals surface area contributed by atoms with Gasteiger partial charge in [0.25, 0.3) is 0 Å². The van der Waals surface area contributed by atoms with Crippen LogP contribution in [0.4, 0.5) is 10.1 Å². The molecule has 2 aromatic heterocycles. The van der Waals surface area contributed by atoms with E-state index in [1.807, 2.05) is 0 Å².